The van der Waals surface area contributed by atoms with E-state index in [9.17, 15) is 13.2 Å². The van der Waals surface area contributed by atoms with E-state index in [4.69, 9.17) is 5.73 Å². The van der Waals surface area contributed by atoms with Crippen LogP contribution in [0.2, 0.25) is 0 Å². The maximum absolute atomic E-state index is 12.4. The van der Waals surface area contributed by atoms with Crippen molar-refractivity contribution in [3.63, 3.8) is 0 Å². The minimum absolute atomic E-state index is 0.0960. The highest BCUT2D eigenvalue weighted by Gasteiger charge is 2.22. The molecule has 0 aliphatic carbocycles. The second kappa shape index (κ2) is 7.35. The summed E-state index contributed by atoms with van der Waals surface area (Å²) in [6.07, 6.45) is 0. The summed E-state index contributed by atoms with van der Waals surface area (Å²) in [6, 6.07) is 13.1. The molecule has 0 heterocycles. The molecule has 1 amide bonds. The lowest BCUT2D eigenvalue weighted by molar-refractivity contribution is 0.102. The third-order valence-electron chi connectivity index (χ3n) is 3.29. The predicted octanol–water partition coefficient (Wildman–Crippen LogP) is 2.47. The second-order valence-electron chi connectivity index (χ2n) is 6.74. The van der Waals surface area contributed by atoms with Crippen LogP contribution in [0.3, 0.4) is 0 Å². The fourth-order valence-corrected chi connectivity index (χ4v) is 3.66. The highest BCUT2D eigenvalue weighted by atomic mass is 32.2. The Balaban J connectivity index is 2.19. The lowest BCUT2D eigenvalue weighted by Crippen LogP contribution is -2.40. The van der Waals surface area contributed by atoms with Crippen molar-refractivity contribution in [1.29, 1.82) is 0 Å². The molecule has 4 N–H and O–H groups in total. The zero-order valence-electron chi connectivity index (χ0n) is 14.5. The first-order valence-electron chi connectivity index (χ1n) is 7.85. The highest BCUT2D eigenvalue weighted by Crippen LogP contribution is 2.18. The van der Waals surface area contributed by atoms with Gasteiger partial charge in [0.25, 0.3) is 5.91 Å². The molecule has 2 aromatic rings. The Morgan fingerprint density at radius 1 is 1.08 bits per heavy atom. The topological polar surface area (TPSA) is 101 Å². The van der Waals surface area contributed by atoms with Gasteiger partial charge in [-0.15, -0.1) is 0 Å². The van der Waals surface area contributed by atoms with E-state index in [-0.39, 0.29) is 10.8 Å². The molecule has 25 heavy (non-hydrogen) atoms. The molecule has 0 saturated carbocycles. The molecule has 6 nitrogen and oxygen atoms in total. The fourth-order valence-electron chi connectivity index (χ4n) is 2.20. The largest absolute Gasteiger partial charge is 0.326 e. The van der Waals surface area contributed by atoms with Gasteiger partial charge in [-0.25, -0.2) is 13.1 Å². The minimum Gasteiger partial charge on any atom is -0.326 e. The number of carbonyl (C=O) groups excluding carboxylic acids is 1. The zero-order valence-corrected chi connectivity index (χ0v) is 15.4. The number of amides is 1. The number of anilines is 1. The van der Waals surface area contributed by atoms with Crippen LogP contribution < -0.4 is 15.8 Å². The average molecular weight is 361 g/mol. The van der Waals surface area contributed by atoms with Crippen LogP contribution in [0, 0.1) is 0 Å². The third-order valence-corrected chi connectivity index (χ3v) is 5.05. The Morgan fingerprint density at radius 3 is 2.28 bits per heavy atom. The van der Waals surface area contributed by atoms with E-state index < -0.39 is 15.6 Å². The van der Waals surface area contributed by atoms with Crippen LogP contribution in [0.1, 0.15) is 36.7 Å². The molecular weight excluding hydrogens is 338 g/mol. The summed E-state index contributed by atoms with van der Waals surface area (Å²) in [4.78, 5) is 12.4. The maximum Gasteiger partial charge on any atom is 0.255 e. The molecule has 0 saturated heterocycles. The summed E-state index contributed by atoms with van der Waals surface area (Å²) >= 11 is 0. The molecule has 2 aromatic carbocycles. The molecule has 0 aliphatic rings. The van der Waals surface area contributed by atoms with Crippen LogP contribution in [0.5, 0.6) is 0 Å². The fraction of sp³-hybridized carbons (Fsp3) is 0.278. The van der Waals surface area contributed by atoms with E-state index in [0.29, 0.717) is 17.8 Å². The van der Waals surface area contributed by atoms with Gasteiger partial charge >= 0.3 is 0 Å². The molecular formula is C18H23N3O3S. The molecule has 0 aliphatic heterocycles. The van der Waals surface area contributed by atoms with Crippen molar-refractivity contribution in [3.8, 4) is 0 Å². The van der Waals surface area contributed by atoms with Crippen LogP contribution in [0.4, 0.5) is 5.69 Å². The monoisotopic (exact) mass is 361 g/mol. The quantitative estimate of drug-likeness (QED) is 0.761. The van der Waals surface area contributed by atoms with Crippen molar-refractivity contribution in [3.05, 3.63) is 59.7 Å². The van der Waals surface area contributed by atoms with Gasteiger partial charge in [-0.1, -0.05) is 18.2 Å². The number of rotatable bonds is 5. The van der Waals surface area contributed by atoms with Gasteiger partial charge in [0.1, 0.15) is 0 Å². The Hall–Kier alpha value is -2.22. The Morgan fingerprint density at radius 2 is 1.72 bits per heavy atom. The van der Waals surface area contributed by atoms with Gasteiger partial charge in [0.2, 0.25) is 10.0 Å². The molecule has 7 heteroatoms. The van der Waals surface area contributed by atoms with Gasteiger partial charge < -0.3 is 11.1 Å². The molecule has 0 unspecified atom stereocenters. The van der Waals surface area contributed by atoms with Crippen LogP contribution >= 0.6 is 0 Å². The zero-order chi connectivity index (χ0) is 18.7. The minimum atomic E-state index is -3.67. The van der Waals surface area contributed by atoms with Crippen molar-refractivity contribution >= 4 is 21.6 Å². The maximum atomic E-state index is 12.4. The van der Waals surface area contributed by atoms with Gasteiger partial charge in [0, 0.05) is 23.3 Å². The van der Waals surface area contributed by atoms with E-state index >= 15 is 0 Å². The van der Waals surface area contributed by atoms with Gasteiger partial charge in [-0.05, 0) is 56.7 Å². The van der Waals surface area contributed by atoms with E-state index in [1.54, 1.807) is 57.2 Å². The van der Waals surface area contributed by atoms with Crippen LogP contribution in [0.25, 0.3) is 0 Å². The molecule has 0 aromatic heterocycles. The molecule has 2 rings (SSSR count). The van der Waals surface area contributed by atoms with Crippen molar-refractivity contribution in [2.75, 3.05) is 5.32 Å². The Bertz CT molecular complexity index is 854. The number of carbonyl (C=O) groups is 1. The number of nitrogens with two attached hydrogens (primary N) is 1. The molecule has 0 bridgehead atoms. The first kappa shape index (κ1) is 19.1. The summed E-state index contributed by atoms with van der Waals surface area (Å²) in [5.74, 6) is -0.318. The van der Waals surface area contributed by atoms with Crippen LogP contribution in [0.15, 0.2) is 53.4 Å². The van der Waals surface area contributed by atoms with Crippen molar-refractivity contribution in [2.24, 2.45) is 5.73 Å². The number of hydrogen-bond acceptors (Lipinski definition) is 4. The predicted molar refractivity (Wildman–Crippen MR) is 98.8 cm³/mol. The van der Waals surface area contributed by atoms with E-state index in [1.165, 1.54) is 12.1 Å². The Labute approximate surface area is 148 Å². The molecule has 0 atom stereocenters. The van der Waals surface area contributed by atoms with Crippen LogP contribution in [-0.2, 0) is 16.6 Å². The molecule has 134 valence electrons. The van der Waals surface area contributed by atoms with E-state index in [2.05, 4.69) is 10.0 Å². The van der Waals surface area contributed by atoms with Gasteiger partial charge in [0.15, 0.2) is 0 Å². The first-order valence-corrected chi connectivity index (χ1v) is 9.33. The van der Waals surface area contributed by atoms with Crippen LogP contribution in [-0.4, -0.2) is 19.9 Å². The van der Waals surface area contributed by atoms with Gasteiger partial charge in [0.05, 0.1) is 4.90 Å². The summed E-state index contributed by atoms with van der Waals surface area (Å²) in [6.45, 7) is 5.70. The number of hydrogen-bond donors (Lipinski definition) is 3. The second-order valence-corrected chi connectivity index (χ2v) is 8.42. The first-order chi connectivity index (χ1) is 11.6. The number of nitrogens with one attached hydrogen (secondary N) is 2. The van der Waals surface area contributed by atoms with Gasteiger partial charge in [-0.3, -0.25) is 4.79 Å². The SMILES string of the molecule is CC(C)(C)NS(=O)(=O)c1cccc(NC(=O)c2ccc(CN)cc2)c1. The summed E-state index contributed by atoms with van der Waals surface area (Å²) < 4.78 is 27.4. The number of sulfonamides is 1. The van der Waals surface area contributed by atoms with E-state index in [1.807, 2.05) is 0 Å². The molecule has 0 radical (unpaired) electrons. The Kier molecular flexibility index (Phi) is 5.62. The lowest BCUT2D eigenvalue weighted by Gasteiger charge is -2.20. The number of benzene rings is 2. The summed E-state index contributed by atoms with van der Waals surface area (Å²) in [7, 11) is -3.67. The smallest absolute Gasteiger partial charge is 0.255 e. The van der Waals surface area contributed by atoms with E-state index in [0.717, 1.165) is 5.56 Å². The molecule has 0 fully saturated rings. The van der Waals surface area contributed by atoms with Gasteiger partial charge in [-0.2, -0.15) is 0 Å². The average Bonchev–Trinajstić information content (AvgIpc) is 2.53. The van der Waals surface area contributed by atoms with Crippen molar-refractivity contribution < 1.29 is 13.2 Å². The summed E-state index contributed by atoms with van der Waals surface area (Å²) in [5, 5.41) is 2.71. The summed E-state index contributed by atoms with van der Waals surface area (Å²) in [5.41, 5.74) is 6.75. The normalized spacial score (nSPS) is 12.0. The third kappa shape index (κ3) is 5.38. The standard InChI is InChI=1S/C18H23N3O3S/c1-18(2,3)21-25(23,24)16-6-4-5-15(11-16)20-17(22)14-9-7-13(12-19)8-10-14/h4-11,21H,12,19H2,1-3H3,(H,20,22). The lowest BCUT2D eigenvalue weighted by atomic mass is 10.1. The molecule has 0 spiro atoms. The highest BCUT2D eigenvalue weighted by molar-refractivity contribution is 7.89. The van der Waals surface area contributed by atoms with Crippen molar-refractivity contribution in [1.82, 2.24) is 4.72 Å². The van der Waals surface area contributed by atoms with Crippen molar-refractivity contribution in [2.45, 2.75) is 37.8 Å².